The number of hydrogen-bond acceptors (Lipinski definition) is 8. The minimum absolute atomic E-state index is 0. The SMILES string of the molecule is O=S(=O)([O-])OCc1ccccc1.O=S(=O)([O-])OCc1ccccc1.[Ca+2]. The molecular weight excluding hydrogens is 400 g/mol. The molecule has 0 N–H and O–H groups in total. The van der Waals surface area contributed by atoms with E-state index in [0.29, 0.717) is 11.1 Å². The molecule has 0 saturated carbocycles. The molecule has 2 aromatic carbocycles. The van der Waals surface area contributed by atoms with Crippen molar-refractivity contribution >= 4 is 58.5 Å². The van der Waals surface area contributed by atoms with Crippen LogP contribution >= 0.6 is 0 Å². The molecule has 0 atom stereocenters. The maximum absolute atomic E-state index is 10.0. The third-order valence-electron chi connectivity index (χ3n) is 2.43. The molecule has 0 bridgehead atoms. The van der Waals surface area contributed by atoms with Crippen LogP contribution < -0.4 is 0 Å². The van der Waals surface area contributed by atoms with Crippen molar-refractivity contribution in [3.05, 3.63) is 71.8 Å². The van der Waals surface area contributed by atoms with Gasteiger partial charge in [0.15, 0.2) is 0 Å². The first-order chi connectivity index (χ1) is 11.2. The predicted octanol–water partition coefficient (Wildman–Crippen LogP) is 0.946. The van der Waals surface area contributed by atoms with Crippen molar-refractivity contribution in [2.24, 2.45) is 0 Å². The zero-order chi connectivity index (χ0) is 18.1. The van der Waals surface area contributed by atoms with E-state index in [1.807, 2.05) is 0 Å². The van der Waals surface area contributed by atoms with Crippen LogP contribution in [0.3, 0.4) is 0 Å². The maximum Gasteiger partial charge on any atom is 2.00 e. The first-order valence-corrected chi connectivity index (χ1v) is 9.11. The summed E-state index contributed by atoms with van der Waals surface area (Å²) < 4.78 is 68.2. The predicted molar refractivity (Wildman–Crippen MR) is 87.6 cm³/mol. The summed E-state index contributed by atoms with van der Waals surface area (Å²) in [5.74, 6) is 0. The van der Waals surface area contributed by atoms with Gasteiger partial charge in [-0.1, -0.05) is 60.7 Å². The smallest absolute Gasteiger partial charge is 0.726 e. The van der Waals surface area contributed by atoms with Crippen LogP contribution in [0.5, 0.6) is 0 Å². The minimum atomic E-state index is -4.57. The zero-order valence-electron chi connectivity index (χ0n) is 13.0. The van der Waals surface area contributed by atoms with Crippen molar-refractivity contribution < 1.29 is 34.3 Å². The van der Waals surface area contributed by atoms with Gasteiger partial charge in [0.1, 0.15) is 0 Å². The fourth-order valence-electron chi connectivity index (χ4n) is 1.43. The van der Waals surface area contributed by atoms with Crippen molar-refractivity contribution in [3.8, 4) is 0 Å². The summed E-state index contributed by atoms with van der Waals surface area (Å²) in [6, 6.07) is 17.2. The van der Waals surface area contributed by atoms with Gasteiger partial charge in [0.05, 0.1) is 13.2 Å². The van der Waals surface area contributed by atoms with Crippen molar-refractivity contribution in [1.82, 2.24) is 0 Å². The second-order valence-corrected chi connectivity index (χ2v) is 6.42. The monoisotopic (exact) mass is 414 g/mol. The van der Waals surface area contributed by atoms with Gasteiger partial charge in [0.2, 0.25) is 20.8 Å². The molecule has 132 valence electrons. The summed E-state index contributed by atoms with van der Waals surface area (Å²) in [6.07, 6.45) is 0. The molecule has 0 unspecified atom stereocenters. The first-order valence-electron chi connectivity index (χ1n) is 6.44. The molecule has 0 aromatic heterocycles. The number of rotatable bonds is 6. The number of benzene rings is 2. The van der Waals surface area contributed by atoms with Crippen LogP contribution in [0, 0.1) is 0 Å². The average molecular weight is 414 g/mol. The van der Waals surface area contributed by atoms with E-state index in [0.717, 1.165) is 0 Å². The van der Waals surface area contributed by atoms with Crippen LogP contribution in [0.2, 0.25) is 0 Å². The normalized spacial score (nSPS) is 11.0. The van der Waals surface area contributed by atoms with E-state index in [9.17, 15) is 25.9 Å². The molecule has 8 nitrogen and oxygen atoms in total. The van der Waals surface area contributed by atoms with Crippen molar-refractivity contribution in [2.75, 3.05) is 0 Å². The van der Waals surface area contributed by atoms with E-state index in [-0.39, 0.29) is 51.0 Å². The molecule has 0 heterocycles. The Bertz CT molecular complexity index is 737. The van der Waals surface area contributed by atoms with Gasteiger partial charge in [-0.25, -0.2) is 16.8 Å². The quantitative estimate of drug-likeness (QED) is 0.387. The summed E-state index contributed by atoms with van der Waals surface area (Å²) in [7, 11) is -9.14. The summed E-state index contributed by atoms with van der Waals surface area (Å²) in [6.45, 7) is -0.403. The molecule has 2 rings (SSSR count). The van der Waals surface area contributed by atoms with Gasteiger partial charge < -0.3 is 9.11 Å². The molecule has 2 aromatic rings. The van der Waals surface area contributed by atoms with E-state index in [1.54, 1.807) is 60.7 Å². The molecule has 0 saturated heterocycles. The van der Waals surface area contributed by atoms with Crippen molar-refractivity contribution in [3.63, 3.8) is 0 Å². The molecule has 0 aliphatic carbocycles. The van der Waals surface area contributed by atoms with Crippen LogP contribution in [0.1, 0.15) is 11.1 Å². The Labute approximate surface area is 176 Å². The fourth-order valence-corrected chi connectivity index (χ4v) is 1.99. The standard InChI is InChI=1S/2C7H8O4S.Ca/c2*8-12(9,10)11-6-7-4-2-1-3-5-7;/h2*1-5H,6H2,(H,8,9,10);/q;;+2/p-2. The Morgan fingerprint density at radius 3 is 1.16 bits per heavy atom. The van der Waals surface area contributed by atoms with Gasteiger partial charge in [-0.05, 0) is 11.1 Å². The minimum Gasteiger partial charge on any atom is -0.726 e. The Kier molecular flexibility index (Phi) is 11.7. The Hall–Kier alpha value is -0.560. The molecule has 25 heavy (non-hydrogen) atoms. The van der Waals surface area contributed by atoms with Crippen LogP contribution in [0.4, 0.5) is 0 Å². The molecule has 0 aliphatic heterocycles. The van der Waals surface area contributed by atoms with Crippen LogP contribution in [0.15, 0.2) is 60.7 Å². The third-order valence-corrected chi connectivity index (χ3v) is 3.24. The van der Waals surface area contributed by atoms with Gasteiger partial charge in [0.25, 0.3) is 0 Å². The summed E-state index contributed by atoms with van der Waals surface area (Å²) in [5, 5.41) is 0. The first kappa shape index (κ1) is 24.4. The molecular formula is C14H14CaO8S2. The van der Waals surface area contributed by atoms with E-state index in [4.69, 9.17) is 0 Å². The zero-order valence-corrected chi connectivity index (χ0v) is 16.8. The third kappa shape index (κ3) is 14.3. The fraction of sp³-hybridized carbons (Fsp3) is 0.143. The second-order valence-electron chi connectivity index (χ2n) is 4.31. The summed E-state index contributed by atoms with van der Waals surface area (Å²) >= 11 is 0. The largest absolute Gasteiger partial charge is 2.00 e. The molecule has 0 spiro atoms. The molecule has 0 amide bonds. The summed E-state index contributed by atoms with van der Waals surface area (Å²) in [4.78, 5) is 0. The van der Waals surface area contributed by atoms with E-state index in [1.165, 1.54) is 0 Å². The molecule has 0 fully saturated rings. The van der Waals surface area contributed by atoms with Crippen molar-refractivity contribution in [1.29, 1.82) is 0 Å². The van der Waals surface area contributed by atoms with Gasteiger partial charge in [-0.15, -0.1) is 0 Å². The second kappa shape index (κ2) is 11.9. The van der Waals surface area contributed by atoms with E-state index < -0.39 is 20.8 Å². The van der Waals surface area contributed by atoms with E-state index in [2.05, 4.69) is 8.37 Å². The van der Waals surface area contributed by atoms with Gasteiger partial charge in [-0.3, -0.25) is 8.37 Å². The van der Waals surface area contributed by atoms with Crippen LogP contribution in [0.25, 0.3) is 0 Å². The van der Waals surface area contributed by atoms with Crippen molar-refractivity contribution in [2.45, 2.75) is 13.2 Å². The van der Waals surface area contributed by atoms with Gasteiger partial charge in [-0.2, -0.15) is 0 Å². The Balaban J connectivity index is 0.000000443. The van der Waals surface area contributed by atoms with Gasteiger partial charge >= 0.3 is 37.7 Å². The van der Waals surface area contributed by atoms with Crippen LogP contribution in [-0.4, -0.2) is 63.7 Å². The Morgan fingerprint density at radius 2 is 0.920 bits per heavy atom. The van der Waals surface area contributed by atoms with Crippen LogP contribution in [-0.2, 0) is 42.4 Å². The molecule has 0 radical (unpaired) electrons. The Morgan fingerprint density at radius 1 is 0.640 bits per heavy atom. The average Bonchev–Trinajstić information content (AvgIpc) is 2.52. The topological polar surface area (TPSA) is 133 Å². The van der Waals surface area contributed by atoms with E-state index >= 15 is 0 Å². The number of hydrogen-bond donors (Lipinski definition) is 0. The maximum atomic E-state index is 10.0. The van der Waals surface area contributed by atoms with Gasteiger partial charge in [0, 0.05) is 0 Å². The molecule has 0 aliphatic rings. The molecule has 11 heteroatoms. The summed E-state index contributed by atoms with van der Waals surface area (Å²) in [5.41, 5.74) is 1.30.